The van der Waals surface area contributed by atoms with Crippen LogP contribution >= 0.6 is 0 Å². The Morgan fingerprint density at radius 2 is 2.00 bits per heavy atom. The molecule has 2 heteroatoms. The Morgan fingerprint density at radius 3 is 2.71 bits per heavy atom. The highest BCUT2D eigenvalue weighted by atomic mass is 16.5. The first-order valence-electron chi connectivity index (χ1n) is 4.63. The number of benzene rings is 1. The first kappa shape index (κ1) is 9.00. The molecule has 0 amide bonds. The lowest BCUT2D eigenvalue weighted by Gasteiger charge is -2.08. The molecule has 0 N–H and O–H groups in total. The van der Waals surface area contributed by atoms with E-state index in [1.165, 1.54) is 5.56 Å². The lowest BCUT2D eigenvalue weighted by Crippen LogP contribution is -1.91. The maximum absolute atomic E-state index is 5.35. The van der Waals surface area contributed by atoms with Gasteiger partial charge in [0.05, 0.1) is 12.6 Å². The fourth-order valence-electron chi connectivity index (χ4n) is 1.71. The number of hydrogen-bond acceptors (Lipinski definition) is 2. The van der Waals surface area contributed by atoms with Crippen molar-refractivity contribution in [3.8, 4) is 5.75 Å². The Hall–Kier alpha value is -1.57. The summed E-state index contributed by atoms with van der Waals surface area (Å²) in [4.78, 5) is 4.47. The molecule has 0 spiro atoms. The van der Waals surface area contributed by atoms with Crippen molar-refractivity contribution in [2.45, 2.75) is 13.8 Å². The van der Waals surface area contributed by atoms with E-state index in [0.717, 1.165) is 22.3 Å². The Morgan fingerprint density at radius 1 is 1.21 bits per heavy atom. The van der Waals surface area contributed by atoms with E-state index in [-0.39, 0.29) is 0 Å². The van der Waals surface area contributed by atoms with E-state index in [0.29, 0.717) is 0 Å². The summed E-state index contributed by atoms with van der Waals surface area (Å²) in [5, 5.41) is 1.11. The first-order valence-corrected chi connectivity index (χ1v) is 4.63. The van der Waals surface area contributed by atoms with E-state index in [2.05, 4.69) is 18.0 Å². The minimum atomic E-state index is 0.908. The van der Waals surface area contributed by atoms with Gasteiger partial charge in [0.15, 0.2) is 0 Å². The van der Waals surface area contributed by atoms with Crippen LogP contribution in [0.4, 0.5) is 0 Å². The highest BCUT2D eigenvalue weighted by molar-refractivity contribution is 5.88. The molecule has 2 nitrogen and oxygen atoms in total. The van der Waals surface area contributed by atoms with Crippen LogP contribution in [0.5, 0.6) is 5.75 Å². The normalized spacial score (nSPS) is 10.5. The molecule has 0 radical (unpaired) electrons. The highest BCUT2D eigenvalue weighted by Crippen LogP contribution is 2.27. The molecular weight excluding hydrogens is 174 g/mol. The van der Waals surface area contributed by atoms with Gasteiger partial charge in [0.25, 0.3) is 0 Å². The van der Waals surface area contributed by atoms with Crippen molar-refractivity contribution in [1.29, 1.82) is 0 Å². The number of fused-ring (bicyclic) bond motifs is 1. The summed E-state index contributed by atoms with van der Waals surface area (Å²) in [6.45, 7) is 4.05. The summed E-state index contributed by atoms with van der Waals surface area (Å²) in [5.74, 6) is 0.908. The van der Waals surface area contributed by atoms with Gasteiger partial charge >= 0.3 is 0 Å². The molecule has 0 unspecified atom stereocenters. The molecule has 0 aliphatic rings. The van der Waals surface area contributed by atoms with Gasteiger partial charge in [-0.15, -0.1) is 0 Å². The van der Waals surface area contributed by atoms with Crippen LogP contribution in [0.1, 0.15) is 11.3 Å². The number of hydrogen-bond donors (Lipinski definition) is 0. The van der Waals surface area contributed by atoms with Crippen LogP contribution in [0.15, 0.2) is 24.3 Å². The number of pyridine rings is 1. The third-order valence-electron chi connectivity index (χ3n) is 2.35. The maximum Gasteiger partial charge on any atom is 0.130 e. The molecule has 0 aliphatic heterocycles. The Balaban J connectivity index is 2.88. The Kier molecular flexibility index (Phi) is 2.12. The van der Waals surface area contributed by atoms with Crippen molar-refractivity contribution in [2.24, 2.45) is 0 Å². The van der Waals surface area contributed by atoms with Gasteiger partial charge in [0, 0.05) is 17.1 Å². The standard InChI is InChI=1S/C12H13NO/c1-8-5-4-6-10-12(8)11(14-3)7-9(2)13-10/h4-7H,1-3H3. The van der Waals surface area contributed by atoms with E-state index in [1.54, 1.807) is 7.11 Å². The van der Waals surface area contributed by atoms with Crippen LogP contribution in [0.3, 0.4) is 0 Å². The van der Waals surface area contributed by atoms with Gasteiger partial charge in [-0.25, -0.2) is 0 Å². The summed E-state index contributed by atoms with van der Waals surface area (Å²) >= 11 is 0. The van der Waals surface area contributed by atoms with Crippen LogP contribution in [0.25, 0.3) is 10.9 Å². The first-order chi connectivity index (χ1) is 6.72. The number of rotatable bonds is 1. The van der Waals surface area contributed by atoms with Crippen LogP contribution in [-0.4, -0.2) is 12.1 Å². The third-order valence-corrected chi connectivity index (χ3v) is 2.35. The topological polar surface area (TPSA) is 22.1 Å². The Labute approximate surface area is 83.5 Å². The Bertz CT molecular complexity index is 477. The fraction of sp³-hybridized carbons (Fsp3) is 0.250. The number of aromatic nitrogens is 1. The number of aryl methyl sites for hydroxylation is 2. The van der Waals surface area contributed by atoms with Gasteiger partial charge in [0.1, 0.15) is 5.75 Å². The second kappa shape index (κ2) is 3.29. The predicted octanol–water partition coefficient (Wildman–Crippen LogP) is 2.86. The highest BCUT2D eigenvalue weighted by Gasteiger charge is 2.05. The largest absolute Gasteiger partial charge is 0.496 e. The molecule has 0 bridgehead atoms. The summed E-state index contributed by atoms with van der Waals surface area (Å²) in [6.07, 6.45) is 0. The average Bonchev–Trinajstić information content (AvgIpc) is 2.16. The molecule has 2 rings (SSSR count). The van der Waals surface area contributed by atoms with Crippen molar-refractivity contribution < 1.29 is 4.74 Å². The van der Waals surface area contributed by atoms with Crippen LogP contribution in [0.2, 0.25) is 0 Å². The van der Waals surface area contributed by atoms with E-state index in [9.17, 15) is 0 Å². The number of methoxy groups -OCH3 is 1. The minimum Gasteiger partial charge on any atom is -0.496 e. The zero-order valence-electron chi connectivity index (χ0n) is 8.66. The van der Waals surface area contributed by atoms with E-state index >= 15 is 0 Å². The van der Waals surface area contributed by atoms with Gasteiger partial charge in [-0.05, 0) is 25.5 Å². The van der Waals surface area contributed by atoms with Crippen molar-refractivity contribution in [1.82, 2.24) is 4.98 Å². The molecule has 0 aliphatic carbocycles. The fourth-order valence-corrected chi connectivity index (χ4v) is 1.71. The van der Waals surface area contributed by atoms with Crippen LogP contribution in [0, 0.1) is 13.8 Å². The van der Waals surface area contributed by atoms with Gasteiger partial charge in [-0.1, -0.05) is 12.1 Å². The van der Waals surface area contributed by atoms with Crippen molar-refractivity contribution >= 4 is 10.9 Å². The SMILES string of the molecule is COc1cc(C)nc2cccc(C)c12. The quantitative estimate of drug-likeness (QED) is 0.684. The van der Waals surface area contributed by atoms with Crippen molar-refractivity contribution in [3.63, 3.8) is 0 Å². The molecule has 14 heavy (non-hydrogen) atoms. The summed E-state index contributed by atoms with van der Waals surface area (Å²) < 4.78 is 5.35. The molecule has 72 valence electrons. The van der Waals surface area contributed by atoms with E-state index in [4.69, 9.17) is 4.74 Å². The molecule has 0 saturated carbocycles. The smallest absolute Gasteiger partial charge is 0.130 e. The second-order valence-corrected chi connectivity index (χ2v) is 3.43. The summed E-state index contributed by atoms with van der Waals surface area (Å²) in [5.41, 5.74) is 3.19. The molecule has 2 aromatic rings. The van der Waals surface area contributed by atoms with Crippen LogP contribution in [-0.2, 0) is 0 Å². The zero-order valence-corrected chi connectivity index (χ0v) is 8.66. The predicted molar refractivity (Wildman–Crippen MR) is 57.8 cm³/mol. The molecule has 0 saturated heterocycles. The monoisotopic (exact) mass is 187 g/mol. The summed E-state index contributed by atoms with van der Waals surface area (Å²) in [7, 11) is 1.70. The molecular formula is C12H13NO. The molecule has 1 aromatic heterocycles. The van der Waals surface area contributed by atoms with E-state index in [1.807, 2.05) is 25.1 Å². The summed E-state index contributed by atoms with van der Waals surface area (Å²) in [6, 6.07) is 8.07. The van der Waals surface area contributed by atoms with Crippen molar-refractivity contribution in [3.05, 3.63) is 35.5 Å². The van der Waals surface area contributed by atoms with Gasteiger partial charge in [-0.2, -0.15) is 0 Å². The molecule has 0 atom stereocenters. The van der Waals surface area contributed by atoms with E-state index < -0.39 is 0 Å². The van der Waals surface area contributed by atoms with Gasteiger partial charge in [-0.3, -0.25) is 4.98 Å². The lowest BCUT2D eigenvalue weighted by atomic mass is 10.1. The molecule has 0 fully saturated rings. The van der Waals surface area contributed by atoms with Gasteiger partial charge < -0.3 is 4.74 Å². The lowest BCUT2D eigenvalue weighted by molar-refractivity contribution is 0.419. The zero-order chi connectivity index (χ0) is 10.1. The molecule has 1 aromatic carbocycles. The third kappa shape index (κ3) is 1.33. The van der Waals surface area contributed by atoms with Gasteiger partial charge in [0.2, 0.25) is 0 Å². The minimum absolute atomic E-state index is 0.908. The maximum atomic E-state index is 5.35. The molecule has 1 heterocycles. The average molecular weight is 187 g/mol. The van der Waals surface area contributed by atoms with Crippen molar-refractivity contribution in [2.75, 3.05) is 7.11 Å². The number of nitrogens with zero attached hydrogens (tertiary/aromatic N) is 1. The second-order valence-electron chi connectivity index (χ2n) is 3.43. The number of ether oxygens (including phenoxy) is 1. The van der Waals surface area contributed by atoms with Crippen LogP contribution < -0.4 is 4.74 Å².